The number of carbonyl (C=O) groups is 3. The van der Waals surface area contributed by atoms with E-state index >= 15 is 0 Å². The number of halogens is 1. The van der Waals surface area contributed by atoms with Gasteiger partial charge in [0.05, 0.1) is 22.9 Å². The SMILES string of the molecule is CCOC(=O)c1cc(C)n(CC(=O)Nc2cc(C(=O)N(C)C)ccc2Cl)c1C. The van der Waals surface area contributed by atoms with Crippen molar-refractivity contribution in [1.82, 2.24) is 9.47 Å². The Morgan fingerprint density at radius 2 is 1.86 bits per heavy atom. The molecule has 0 spiro atoms. The van der Waals surface area contributed by atoms with E-state index in [1.807, 2.05) is 6.92 Å². The quantitative estimate of drug-likeness (QED) is 0.748. The van der Waals surface area contributed by atoms with E-state index in [4.69, 9.17) is 16.3 Å². The van der Waals surface area contributed by atoms with E-state index in [0.29, 0.717) is 27.5 Å². The number of benzene rings is 1. The third kappa shape index (κ3) is 4.72. The van der Waals surface area contributed by atoms with Gasteiger partial charge in [-0.3, -0.25) is 9.59 Å². The number of hydrogen-bond donors (Lipinski definition) is 1. The van der Waals surface area contributed by atoms with Crippen molar-refractivity contribution >= 4 is 35.1 Å². The fourth-order valence-corrected chi connectivity index (χ4v) is 2.97. The summed E-state index contributed by atoms with van der Waals surface area (Å²) in [6.07, 6.45) is 0. The zero-order chi connectivity index (χ0) is 21.0. The maximum Gasteiger partial charge on any atom is 0.339 e. The van der Waals surface area contributed by atoms with Crippen LogP contribution < -0.4 is 5.32 Å². The Morgan fingerprint density at radius 1 is 1.18 bits per heavy atom. The van der Waals surface area contributed by atoms with Crippen molar-refractivity contribution in [1.29, 1.82) is 0 Å². The molecule has 2 aromatic rings. The fraction of sp³-hybridized carbons (Fsp3) is 0.350. The van der Waals surface area contributed by atoms with Crippen molar-refractivity contribution in [2.45, 2.75) is 27.3 Å². The number of aryl methyl sites for hydroxylation is 1. The van der Waals surface area contributed by atoms with Crippen LogP contribution in [0.25, 0.3) is 0 Å². The second-order valence-electron chi connectivity index (χ2n) is 6.53. The molecule has 2 rings (SSSR count). The van der Waals surface area contributed by atoms with Crippen molar-refractivity contribution in [2.75, 3.05) is 26.0 Å². The summed E-state index contributed by atoms with van der Waals surface area (Å²) in [5.41, 5.74) is 2.62. The van der Waals surface area contributed by atoms with Gasteiger partial charge >= 0.3 is 5.97 Å². The average Bonchev–Trinajstić information content (AvgIpc) is 2.91. The molecular formula is C20H24ClN3O4. The summed E-state index contributed by atoms with van der Waals surface area (Å²) in [6.45, 7) is 5.59. The second kappa shape index (κ2) is 8.93. The number of amides is 2. The summed E-state index contributed by atoms with van der Waals surface area (Å²) in [4.78, 5) is 38.1. The van der Waals surface area contributed by atoms with Crippen molar-refractivity contribution < 1.29 is 19.1 Å². The first-order valence-electron chi connectivity index (χ1n) is 8.80. The van der Waals surface area contributed by atoms with E-state index in [1.54, 1.807) is 56.8 Å². The Kier molecular flexibility index (Phi) is 6.85. The highest BCUT2D eigenvalue weighted by atomic mass is 35.5. The summed E-state index contributed by atoms with van der Waals surface area (Å²) in [5, 5.41) is 3.06. The number of esters is 1. The zero-order valence-corrected chi connectivity index (χ0v) is 17.4. The van der Waals surface area contributed by atoms with Gasteiger partial charge in [-0.1, -0.05) is 11.6 Å². The van der Waals surface area contributed by atoms with Crippen LogP contribution in [0, 0.1) is 13.8 Å². The fourth-order valence-electron chi connectivity index (χ4n) is 2.81. The van der Waals surface area contributed by atoms with Crippen LogP contribution in [0.1, 0.15) is 39.0 Å². The molecule has 7 nitrogen and oxygen atoms in total. The Morgan fingerprint density at radius 3 is 2.46 bits per heavy atom. The summed E-state index contributed by atoms with van der Waals surface area (Å²) in [6, 6.07) is 6.41. The maximum absolute atomic E-state index is 12.6. The lowest BCUT2D eigenvalue weighted by Gasteiger charge is -2.14. The molecule has 0 bridgehead atoms. The van der Waals surface area contributed by atoms with E-state index in [2.05, 4.69) is 5.32 Å². The minimum Gasteiger partial charge on any atom is -0.462 e. The van der Waals surface area contributed by atoms with Crippen molar-refractivity contribution in [3.63, 3.8) is 0 Å². The molecule has 150 valence electrons. The topological polar surface area (TPSA) is 80.6 Å². The first-order chi connectivity index (χ1) is 13.1. The van der Waals surface area contributed by atoms with E-state index in [0.717, 1.165) is 5.69 Å². The molecule has 1 aromatic heterocycles. The molecule has 0 saturated carbocycles. The monoisotopic (exact) mass is 405 g/mol. The van der Waals surface area contributed by atoms with Gasteiger partial charge in [-0.2, -0.15) is 0 Å². The number of hydrogen-bond acceptors (Lipinski definition) is 4. The minimum absolute atomic E-state index is 0.000739. The van der Waals surface area contributed by atoms with Gasteiger partial charge in [0, 0.05) is 31.0 Å². The Balaban J connectivity index is 2.20. The highest BCUT2D eigenvalue weighted by molar-refractivity contribution is 6.33. The number of nitrogens with zero attached hydrogens (tertiary/aromatic N) is 2. The van der Waals surface area contributed by atoms with Gasteiger partial charge in [0.1, 0.15) is 6.54 Å². The number of nitrogens with one attached hydrogen (secondary N) is 1. The van der Waals surface area contributed by atoms with Crippen molar-refractivity contribution in [2.24, 2.45) is 0 Å². The van der Waals surface area contributed by atoms with Crippen LogP contribution in [0.15, 0.2) is 24.3 Å². The van der Waals surface area contributed by atoms with E-state index in [-0.39, 0.29) is 25.0 Å². The molecule has 0 fully saturated rings. The van der Waals surface area contributed by atoms with E-state index in [9.17, 15) is 14.4 Å². The van der Waals surface area contributed by atoms with Crippen LogP contribution in [-0.4, -0.2) is 48.0 Å². The lowest BCUT2D eigenvalue weighted by molar-refractivity contribution is -0.116. The molecule has 0 aliphatic carbocycles. The van der Waals surface area contributed by atoms with Gasteiger partial charge in [0.2, 0.25) is 5.91 Å². The molecule has 28 heavy (non-hydrogen) atoms. The van der Waals surface area contributed by atoms with Crippen LogP contribution in [0.3, 0.4) is 0 Å². The Hall–Kier alpha value is -2.80. The highest BCUT2D eigenvalue weighted by Crippen LogP contribution is 2.24. The molecule has 0 unspecified atom stereocenters. The second-order valence-corrected chi connectivity index (χ2v) is 6.94. The van der Waals surface area contributed by atoms with Gasteiger partial charge in [-0.05, 0) is 45.0 Å². The van der Waals surface area contributed by atoms with Crippen LogP contribution in [0.2, 0.25) is 5.02 Å². The van der Waals surface area contributed by atoms with Gasteiger partial charge in [0.15, 0.2) is 0 Å². The number of aromatic nitrogens is 1. The van der Waals surface area contributed by atoms with Crippen LogP contribution in [0.5, 0.6) is 0 Å². The van der Waals surface area contributed by atoms with E-state index < -0.39 is 5.97 Å². The molecule has 8 heteroatoms. The Bertz CT molecular complexity index is 918. The van der Waals surface area contributed by atoms with Crippen LogP contribution >= 0.6 is 11.6 Å². The lowest BCUT2D eigenvalue weighted by Crippen LogP contribution is -2.23. The van der Waals surface area contributed by atoms with Crippen LogP contribution in [-0.2, 0) is 16.1 Å². The van der Waals surface area contributed by atoms with Crippen molar-refractivity contribution in [3.05, 3.63) is 51.8 Å². The normalized spacial score (nSPS) is 10.5. The number of ether oxygens (including phenoxy) is 1. The number of anilines is 1. The first-order valence-corrected chi connectivity index (χ1v) is 9.18. The standard InChI is InChI=1S/C20H24ClN3O4/c1-6-28-20(27)15-9-12(2)24(13(15)3)11-18(25)22-17-10-14(7-8-16(17)21)19(26)23(4)5/h7-10H,6,11H2,1-5H3,(H,22,25). The average molecular weight is 406 g/mol. The molecule has 2 amide bonds. The zero-order valence-electron chi connectivity index (χ0n) is 16.6. The molecule has 1 N–H and O–H groups in total. The largest absolute Gasteiger partial charge is 0.462 e. The number of carbonyl (C=O) groups excluding carboxylic acids is 3. The predicted octanol–water partition coefficient (Wildman–Crippen LogP) is 3.28. The summed E-state index contributed by atoms with van der Waals surface area (Å²) >= 11 is 6.16. The first kappa shape index (κ1) is 21.5. The van der Waals surface area contributed by atoms with Gasteiger partial charge in [-0.25, -0.2) is 4.79 Å². The predicted molar refractivity (Wildman–Crippen MR) is 108 cm³/mol. The third-order valence-electron chi connectivity index (χ3n) is 4.26. The molecule has 0 saturated heterocycles. The highest BCUT2D eigenvalue weighted by Gasteiger charge is 2.19. The summed E-state index contributed by atoms with van der Waals surface area (Å²) < 4.78 is 6.77. The van der Waals surface area contributed by atoms with Gasteiger partial charge < -0.3 is 19.5 Å². The van der Waals surface area contributed by atoms with Gasteiger partial charge in [0.25, 0.3) is 5.91 Å². The molecular weight excluding hydrogens is 382 g/mol. The maximum atomic E-state index is 12.6. The summed E-state index contributed by atoms with van der Waals surface area (Å²) in [5.74, 6) is -0.933. The molecule has 0 atom stereocenters. The Labute approximate surface area is 169 Å². The molecule has 1 heterocycles. The third-order valence-corrected chi connectivity index (χ3v) is 4.59. The lowest BCUT2D eigenvalue weighted by atomic mass is 10.2. The van der Waals surface area contributed by atoms with Crippen LogP contribution in [0.4, 0.5) is 5.69 Å². The molecule has 0 radical (unpaired) electrons. The van der Waals surface area contributed by atoms with Crippen molar-refractivity contribution in [3.8, 4) is 0 Å². The molecule has 0 aliphatic rings. The molecule has 0 aliphatic heterocycles. The van der Waals surface area contributed by atoms with E-state index in [1.165, 1.54) is 4.90 Å². The summed E-state index contributed by atoms with van der Waals surface area (Å²) in [7, 11) is 3.29. The minimum atomic E-state index is -0.416. The molecule has 1 aromatic carbocycles. The smallest absolute Gasteiger partial charge is 0.339 e. The van der Waals surface area contributed by atoms with Gasteiger partial charge in [-0.15, -0.1) is 0 Å². The number of rotatable bonds is 6.